The monoisotopic (exact) mass is 293 g/mol. The summed E-state index contributed by atoms with van der Waals surface area (Å²) >= 11 is 0. The molecule has 7 nitrogen and oxygen atoms in total. The van der Waals surface area contributed by atoms with Crippen molar-refractivity contribution < 1.29 is 9.53 Å². The number of hydrogen-bond donors (Lipinski definition) is 2. The summed E-state index contributed by atoms with van der Waals surface area (Å²) < 4.78 is 5.47. The minimum Gasteiger partial charge on any atom is -0.490 e. The second-order valence-corrected chi connectivity index (χ2v) is 5.60. The standard InChI is InChI=1S/C14H23N5O2/c1-4-6-16-11-10(21-3)12(18-9-17-11)19-7-5-14(2,8-19)13(15)20/h9H,4-8H2,1-3H3,(H2,15,20)(H,16,17,18). The average molecular weight is 293 g/mol. The number of nitrogens with zero attached hydrogens (tertiary/aromatic N) is 3. The van der Waals surface area contributed by atoms with Crippen LogP contribution in [0, 0.1) is 5.41 Å². The first-order valence-electron chi connectivity index (χ1n) is 7.19. The van der Waals surface area contributed by atoms with Crippen LogP contribution in [0.4, 0.5) is 11.6 Å². The van der Waals surface area contributed by atoms with E-state index in [0.717, 1.165) is 19.5 Å². The van der Waals surface area contributed by atoms with Gasteiger partial charge in [-0.05, 0) is 19.8 Å². The summed E-state index contributed by atoms with van der Waals surface area (Å²) in [5, 5.41) is 3.23. The number of nitrogens with two attached hydrogens (primary N) is 1. The van der Waals surface area contributed by atoms with E-state index >= 15 is 0 Å². The van der Waals surface area contributed by atoms with Crippen molar-refractivity contribution in [2.75, 3.05) is 37.0 Å². The van der Waals surface area contributed by atoms with Gasteiger partial charge in [0, 0.05) is 19.6 Å². The highest BCUT2D eigenvalue weighted by molar-refractivity contribution is 5.82. The van der Waals surface area contributed by atoms with E-state index in [1.165, 1.54) is 6.33 Å². The molecule has 1 atom stereocenters. The first-order chi connectivity index (χ1) is 10.0. The Hall–Kier alpha value is -2.05. The average Bonchev–Trinajstić information content (AvgIpc) is 2.88. The lowest BCUT2D eigenvalue weighted by atomic mass is 9.89. The zero-order valence-corrected chi connectivity index (χ0v) is 12.8. The summed E-state index contributed by atoms with van der Waals surface area (Å²) in [4.78, 5) is 22.2. The molecule has 1 aliphatic heterocycles. The van der Waals surface area contributed by atoms with Gasteiger partial charge >= 0.3 is 0 Å². The van der Waals surface area contributed by atoms with Gasteiger partial charge in [-0.15, -0.1) is 0 Å². The smallest absolute Gasteiger partial charge is 0.225 e. The molecule has 3 N–H and O–H groups in total. The first-order valence-corrected chi connectivity index (χ1v) is 7.19. The van der Waals surface area contributed by atoms with E-state index in [0.29, 0.717) is 30.4 Å². The van der Waals surface area contributed by atoms with Crippen LogP contribution in [-0.2, 0) is 4.79 Å². The third-order valence-corrected chi connectivity index (χ3v) is 3.90. The van der Waals surface area contributed by atoms with E-state index in [1.54, 1.807) is 7.11 Å². The van der Waals surface area contributed by atoms with E-state index in [2.05, 4.69) is 22.2 Å². The van der Waals surface area contributed by atoms with E-state index in [-0.39, 0.29) is 5.91 Å². The summed E-state index contributed by atoms with van der Waals surface area (Å²) in [5.74, 6) is 1.72. The fourth-order valence-electron chi connectivity index (χ4n) is 2.49. The molecular formula is C14H23N5O2. The zero-order valence-electron chi connectivity index (χ0n) is 12.8. The predicted octanol–water partition coefficient (Wildman–Crippen LogP) is 1.01. The molecule has 21 heavy (non-hydrogen) atoms. The molecular weight excluding hydrogens is 270 g/mol. The molecule has 7 heteroatoms. The molecule has 1 unspecified atom stereocenters. The lowest BCUT2D eigenvalue weighted by Gasteiger charge is -2.23. The Morgan fingerprint density at radius 1 is 1.57 bits per heavy atom. The number of methoxy groups -OCH3 is 1. The van der Waals surface area contributed by atoms with Gasteiger partial charge in [-0.3, -0.25) is 4.79 Å². The van der Waals surface area contributed by atoms with Gasteiger partial charge in [-0.2, -0.15) is 0 Å². The van der Waals surface area contributed by atoms with Gasteiger partial charge in [-0.1, -0.05) is 6.92 Å². The Labute approximate surface area is 124 Å². The fraction of sp³-hybridized carbons (Fsp3) is 0.643. The van der Waals surface area contributed by atoms with Crippen LogP contribution in [0.3, 0.4) is 0 Å². The van der Waals surface area contributed by atoms with Crippen molar-refractivity contribution in [2.24, 2.45) is 11.1 Å². The largest absolute Gasteiger partial charge is 0.490 e. The molecule has 0 radical (unpaired) electrons. The Morgan fingerprint density at radius 3 is 2.90 bits per heavy atom. The van der Waals surface area contributed by atoms with Crippen molar-refractivity contribution in [1.29, 1.82) is 0 Å². The Kier molecular flexibility index (Phi) is 4.50. The maximum absolute atomic E-state index is 11.6. The maximum atomic E-state index is 11.6. The van der Waals surface area contributed by atoms with Crippen molar-refractivity contribution in [3.63, 3.8) is 0 Å². The lowest BCUT2D eigenvalue weighted by Crippen LogP contribution is -2.37. The van der Waals surface area contributed by atoms with Crippen LogP contribution in [0.2, 0.25) is 0 Å². The van der Waals surface area contributed by atoms with E-state index < -0.39 is 5.41 Å². The van der Waals surface area contributed by atoms with Crippen LogP contribution < -0.4 is 20.7 Å². The van der Waals surface area contributed by atoms with Crippen LogP contribution in [0.25, 0.3) is 0 Å². The molecule has 2 heterocycles. The van der Waals surface area contributed by atoms with Crippen molar-refractivity contribution in [3.8, 4) is 5.75 Å². The van der Waals surface area contributed by atoms with Gasteiger partial charge in [0.05, 0.1) is 12.5 Å². The van der Waals surface area contributed by atoms with Crippen LogP contribution in [0.1, 0.15) is 26.7 Å². The van der Waals surface area contributed by atoms with Gasteiger partial charge in [0.1, 0.15) is 6.33 Å². The summed E-state index contributed by atoms with van der Waals surface area (Å²) in [6, 6.07) is 0. The van der Waals surface area contributed by atoms with Gasteiger partial charge < -0.3 is 20.7 Å². The van der Waals surface area contributed by atoms with Crippen LogP contribution in [-0.4, -0.2) is 42.6 Å². The third-order valence-electron chi connectivity index (χ3n) is 3.90. The minimum absolute atomic E-state index is 0.276. The summed E-state index contributed by atoms with van der Waals surface area (Å²) in [5.41, 5.74) is 4.98. The summed E-state index contributed by atoms with van der Waals surface area (Å²) in [7, 11) is 1.60. The molecule has 0 bridgehead atoms. The highest BCUT2D eigenvalue weighted by Crippen LogP contribution is 2.38. The number of rotatable bonds is 6. The SMILES string of the molecule is CCCNc1ncnc(N2CCC(C)(C(N)=O)C2)c1OC. The number of aromatic nitrogens is 2. The Morgan fingerprint density at radius 2 is 2.33 bits per heavy atom. The molecule has 1 amide bonds. The number of carbonyl (C=O) groups excluding carboxylic acids is 1. The Bertz CT molecular complexity index is 522. The Balaban J connectivity index is 2.26. The summed E-state index contributed by atoms with van der Waals surface area (Å²) in [6.45, 7) is 6.05. The predicted molar refractivity (Wildman–Crippen MR) is 81.5 cm³/mol. The second kappa shape index (κ2) is 6.15. The van der Waals surface area contributed by atoms with Crippen LogP contribution in [0.15, 0.2) is 6.33 Å². The van der Waals surface area contributed by atoms with Gasteiger partial charge in [0.2, 0.25) is 11.7 Å². The molecule has 0 aliphatic carbocycles. The first kappa shape index (κ1) is 15.3. The van der Waals surface area contributed by atoms with Gasteiger partial charge in [-0.25, -0.2) is 9.97 Å². The number of hydrogen-bond acceptors (Lipinski definition) is 6. The molecule has 0 saturated carbocycles. The number of primary amides is 1. The molecule has 1 fully saturated rings. The number of ether oxygens (including phenoxy) is 1. The van der Waals surface area contributed by atoms with Crippen LogP contribution in [0.5, 0.6) is 5.75 Å². The number of nitrogens with one attached hydrogen (secondary N) is 1. The van der Waals surface area contributed by atoms with E-state index in [9.17, 15) is 4.79 Å². The van der Waals surface area contributed by atoms with Crippen molar-refractivity contribution in [2.45, 2.75) is 26.7 Å². The second-order valence-electron chi connectivity index (χ2n) is 5.60. The van der Waals surface area contributed by atoms with Crippen molar-refractivity contribution in [1.82, 2.24) is 9.97 Å². The molecule has 1 aliphatic rings. The minimum atomic E-state index is -0.521. The highest BCUT2D eigenvalue weighted by Gasteiger charge is 2.40. The quantitative estimate of drug-likeness (QED) is 0.813. The highest BCUT2D eigenvalue weighted by atomic mass is 16.5. The topological polar surface area (TPSA) is 93.4 Å². The van der Waals surface area contributed by atoms with E-state index in [1.807, 2.05) is 11.8 Å². The van der Waals surface area contributed by atoms with Crippen LogP contribution >= 0.6 is 0 Å². The van der Waals surface area contributed by atoms with Crippen molar-refractivity contribution in [3.05, 3.63) is 6.33 Å². The van der Waals surface area contributed by atoms with Gasteiger partial charge in [0.15, 0.2) is 11.6 Å². The summed E-state index contributed by atoms with van der Waals surface area (Å²) in [6.07, 6.45) is 3.22. The molecule has 0 aromatic carbocycles. The van der Waals surface area contributed by atoms with Gasteiger partial charge in [0.25, 0.3) is 0 Å². The molecule has 1 saturated heterocycles. The number of anilines is 2. The maximum Gasteiger partial charge on any atom is 0.225 e. The molecule has 0 spiro atoms. The fourth-order valence-corrected chi connectivity index (χ4v) is 2.49. The number of amides is 1. The molecule has 1 aromatic rings. The molecule has 116 valence electrons. The normalized spacial score (nSPS) is 21.4. The molecule has 1 aromatic heterocycles. The van der Waals surface area contributed by atoms with Crippen molar-refractivity contribution >= 4 is 17.5 Å². The molecule has 2 rings (SSSR count). The third kappa shape index (κ3) is 3.01. The number of carbonyl (C=O) groups is 1. The lowest BCUT2D eigenvalue weighted by molar-refractivity contribution is -0.125. The zero-order chi connectivity index (χ0) is 15.5. The van der Waals surface area contributed by atoms with E-state index in [4.69, 9.17) is 10.5 Å².